The summed E-state index contributed by atoms with van der Waals surface area (Å²) in [6.07, 6.45) is 0. The van der Waals surface area contributed by atoms with Crippen LogP contribution < -0.4 is 0 Å². The summed E-state index contributed by atoms with van der Waals surface area (Å²) in [5.41, 5.74) is 0. The number of hydrogen-bond acceptors (Lipinski definition) is 2. The van der Waals surface area contributed by atoms with Crippen LogP contribution in [0.15, 0.2) is 0 Å². The topological polar surface area (TPSA) is 34.1 Å². The maximum Gasteiger partial charge on any atom is 0.208 e. The van der Waals surface area contributed by atoms with Crippen molar-refractivity contribution in [2.24, 2.45) is 0 Å². The molecule has 0 amide bonds. The van der Waals surface area contributed by atoms with Crippen molar-refractivity contribution >= 4 is 59.5 Å². The molecule has 0 unspecified atom stereocenters. The molecule has 2 nitrogen and oxygen atoms in total. The smallest absolute Gasteiger partial charge is 0.208 e. The van der Waals surface area contributed by atoms with Crippen LogP contribution in [0.4, 0.5) is 0 Å². The van der Waals surface area contributed by atoms with E-state index in [0.29, 0.717) is 0 Å². The molecule has 0 heterocycles. The van der Waals surface area contributed by atoms with Crippen molar-refractivity contribution < 1.29 is 9.59 Å². The summed E-state index contributed by atoms with van der Waals surface area (Å²) < 4.78 is 0. The first kappa shape index (κ1) is 23.6. The van der Waals surface area contributed by atoms with E-state index in [2.05, 4.69) is 23.2 Å². The van der Waals surface area contributed by atoms with E-state index >= 15 is 0 Å². The predicted molar refractivity (Wildman–Crippen MR) is 39.7 cm³/mol. The summed E-state index contributed by atoms with van der Waals surface area (Å²) in [7, 11) is 0. The van der Waals surface area contributed by atoms with Crippen molar-refractivity contribution in [3.05, 3.63) is 0 Å². The van der Waals surface area contributed by atoms with Gasteiger partial charge in [-0.1, -0.05) is 0 Å². The van der Waals surface area contributed by atoms with Gasteiger partial charge in [-0.05, 0) is 23.2 Å². The minimum Gasteiger partial charge on any atom is -0.285 e. The standard InChI is InChI=1S/2CHClO.2ClH/c2*2-1-3;;/h2*1H;2*1H. The maximum absolute atomic E-state index is 8.57. The van der Waals surface area contributed by atoms with Gasteiger partial charge in [-0.15, -0.1) is 24.8 Å². The molecule has 0 N–H and O–H groups in total. The lowest BCUT2D eigenvalue weighted by atomic mass is 11.8. The third kappa shape index (κ3) is 787. The summed E-state index contributed by atoms with van der Waals surface area (Å²) >= 11 is 8.64. The molecule has 0 aromatic rings. The van der Waals surface area contributed by atoms with Crippen LogP contribution in [-0.4, -0.2) is 11.5 Å². The molecule has 0 aliphatic rings. The molecular weight excluding hydrogens is 198 g/mol. The van der Waals surface area contributed by atoms with Gasteiger partial charge in [0, 0.05) is 0 Å². The van der Waals surface area contributed by atoms with Crippen molar-refractivity contribution in [3.8, 4) is 0 Å². The Labute approximate surface area is 69.3 Å². The van der Waals surface area contributed by atoms with Crippen LogP contribution in [0.1, 0.15) is 0 Å². The summed E-state index contributed by atoms with van der Waals surface area (Å²) in [5.74, 6) is 0.444. The van der Waals surface area contributed by atoms with Gasteiger partial charge in [-0.25, -0.2) is 0 Å². The minimum absolute atomic E-state index is 0. The van der Waals surface area contributed by atoms with E-state index in [4.69, 9.17) is 9.59 Å². The fraction of sp³-hybridized carbons (Fsp3) is 0. The Bertz CT molecular complexity index is 33.0. The number of halogens is 4. The van der Waals surface area contributed by atoms with Crippen molar-refractivity contribution in [3.63, 3.8) is 0 Å². The highest BCUT2D eigenvalue weighted by atomic mass is 35.5. The Balaban J connectivity index is -0.0000000160. The average molecular weight is 202 g/mol. The van der Waals surface area contributed by atoms with Gasteiger partial charge in [-0.2, -0.15) is 0 Å². The van der Waals surface area contributed by atoms with Gasteiger partial charge >= 0.3 is 0 Å². The van der Waals surface area contributed by atoms with E-state index < -0.39 is 0 Å². The number of carbonyl (C=O) groups is 2. The van der Waals surface area contributed by atoms with Crippen LogP contribution in [0.2, 0.25) is 0 Å². The summed E-state index contributed by atoms with van der Waals surface area (Å²) in [5, 5.41) is 0. The number of hydrogen-bond donors (Lipinski definition) is 0. The molecule has 0 fully saturated rings. The quantitative estimate of drug-likeness (QED) is 0.442. The molecule has 0 aliphatic heterocycles. The molecule has 0 rings (SSSR count). The fourth-order valence-electron chi connectivity index (χ4n) is 0. The highest BCUT2D eigenvalue weighted by molar-refractivity contribution is 6.54. The van der Waals surface area contributed by atoms with Gasteiger partial charge in [0.15, 0.2) is 0 Å². The second kappa shape index (κ2) is 50.7. The van der Waals surface area contributed by atoms with Gasteiger partial charge in [-0.3, -0.25) is 9.59 Å². The zero-order chi connectivity index (χ0) is 5.41. The molecule has 0 spiro atoms. The fourth-order valence-corrected chi connectivity index (χ4v) is 0. The lowest BCUT2D eigenvalue weighted by molar-refractivity contribution is 0.568. The molecule has 6 heteroatoms. The van der Waals surface area contributed by atoms with E-state index in [0.717, 1.165) is 0 Å². The molecule has 0 saturated carbocycles. The summed E-state index contributed by atoms with van der Waals surface area (Å²) in [4.78, 5) is 17.1. The van der Waals surface area contributed by atoms with Crippen LogP contribution >= 0.6 is 48.0 Å². The summed E-state index contributed by atoms with van der Waals surface area (Å²) in [6, 6.07) is 0. The van der Waals surface area contributed by atoms with Crippen molar-refractivity contribution in [1.82, 2.24) is 0 Å². The molecule has 52 valence electrons. The predicted octanol–water partition coefficient (Wildman–Crippen LogP) is 1.67. The van der Waals surface area contributed by atoms with Crippen LogP contribution in [0.3, 0.4) is 0 Å². The molecule has 0 saturated heterocycles. The number of carbonyl (C=O) groups excluding carboxylic acids is 2. The molecule has 0 aromatic carbocycles. The van der Waals surface area contributed by atoms with Crippen molar-refractivity contribution in [2.75, 3.05) is 0 Å². The van der Waals surface area contributed by atoms with Crippen molar-refractivity contribution in [2.45, 2.75) is 0 Å². The Morgan fingerprint density at radius 1 is 0.875 bits per heavy atom. The maximum atomic E-state index is 8.57. The van der Waals surface area contributed by atoms with E-state index in [-0.39, 0.29) is 36.3 Å². The number of rotatable bonds is 0. The third-order valence-electron chi connectivity index (χ3n) is 0. The van der Waals surface area contributed by atoms with Crippen LogP contribution in [-0.2, 0) is 9.59 Å². The highest BCUT2D eigenvalue weighted by Crippen LogP contribution is 1.42. The van der Waals surface area contributed by atoms with Crippen LogP contribution in [0.25, 0.3) is 0 Å². The molecule has 8 heavy (non-hydrogen) atoms. The average Bonchev–Trinajstić information content (AvgIpc) is 1.39. The lowest BCUT2D eigenvalue weighted by Gasteiger charge is -1.20. The first-order valence-corrected chi connectivity index (χ1v) is 1.78. The van der Waals surface area contributed by atoms with Crippen molar-refractivity contribution in [1.29, 1.82) is 0 Å². The first-order chi connectivity index (χ1) is 2.83. The Kier molecular flexibility index (Phi) is 150. The van der Waals surface area contributed by atoms with Gasteiger partial charge in [0.05, 0.1) is 0 Å². The Morgan fingerprint density at radius 2 is 0.875 bits per heavy atom. The molecule has 0 atom stereocenters. The lowest BCUT2D eigenvalue weighted by Crippen LogP contribution is -1.24. The zero-order valence-corrected chi connectivity index (χ0v) is 6.69. The van der Waals surface area contributed by atoms with Gasteiger partial charge in [0.2, 0.25) is 11.5 Å². The second-order valence-corrected chi connectivity index (χ2v) is 0.535. The van der Waals surface area contributed by atoms with Crippen LogP contribution in [0.5, 0.6) is 0 Å². The Morgan fingerprint density at radius 3 is 0.875 bits per heavy atom. The van der Waals surface area contributed by atoms with E-state index in [9.17, 15) is 0 Å². The van der Waals surface area contributed by atoms with E-state index in [1.54, 1.807) is 0 Å². The van der Waals surface area contributed by atoms with Gasteiger partial charge in [0.25, 0.3) is 0 Å². The van der Waals surface area contributed by atoms with E-state index in [1.165, 1.54) is 0 Å². The minimum atomic E-state index is 0. The normalized spacial score (nSPS) is 3.25. The molecule has 0 bridgehead atoms. The Hall–Kier alpha value is 0.500. The molecule has 0 aliphatic carbocycles. The summed E-state index contributed by atoms with van der Waals surface area (Å²) in [6.45, 7) is 0. The molecular formula is C2H4Cl4O2. The highest BCUT2D eigenvalue weighted by Gasteiger charge is 1.28. The monoisotopic (exact) mass is 200 g/mol. The molecule has 0 aromatic heterocycles. The third-order valence-corrected chi connectivity index (χ3v) is 0. The zero-order valence-electron chi connectivity index (χ0n) is 3.54. The van der Waals surface area contributed by atoms with Gasteiger partial charge in [0.1, 0.15) is 0 Å². The largest absolute Gasteiger partial charge is 0.285 e. The van der Waals surface area contributed by atoms with Crippen LogP contribution in [0, 0.1) is 0 Å². The first-order valence-electron chi connectivity index (χ1n) is 0.908. The van der Waals surface area contributed by atoms with Gasteiger partial charge < -0.3 is 0 Å². The molecule has 0 radical (unpaired) electrons. The SMILES string of the molecule is Cl.Cl.O=CCl.O=CCl. The second-order valence-electron chi connectivity index (χ2n) is 0.178. The van der Waals surface area contributed by atoms with E-state index in [1.807, 2.05) is 0 Å².